The van der Waals surface area contributed by atoms with E-state index >= 15 is 0 Å². The van der Waals surface area contributed by atoms with Crippen molar-refractivity contribution in [2.24, 2.45) is 5.73 Å². The second kappa shape index (κ2) is 7.88. The second-order valence-electron chi connectivity index (χ2n) is 4.86. The molecule has 2 rings (SSSR count). The summed E-state index contributed by atoms with van der Waals surface area (Å²) in [4.78, 5) is 0. The topological polar surface area (TPSA) is 35.2 Å². The van der Waals surface area contributed by atoms with Gasteiger partial charge in [0.2, 0.25) is 0 Å². The van der Waals surface area contributed by atoms with Gasteiger partial charge in [0.15, 0.2) is 0 Å². The maximum absolute atomic E-state index is 5.92. The van der Waals surface area contributed by atoms with Gasteiger partial charge in [0.25, 0.3) is 0 Å². The minimum Gasteiger partial charge on any atom is -0.426 e. The van der Waals surface area contributed by atoms with Gasteiger partial charge in [0.1, 0.15) is 0 Å². The van der Waals surface area contributed by atoms with Gasteiger partial charge < -0.3 is 10.4 Å². The van der Waals surface area contributed by atoms with Crippen molar-refractivity contribution < 1.29 is 4.65 Å². The van der Waals surface area contributed by atoms with Crippen LogP contribution in [0.15, 0.2) is 48.5 Å². The monoisotopic (exact) mass is 269 g/mol. The number of hydrogen-bond donors (Lipinski definition) is 1. The van der Waals surface area contributed by atoms with Gasteiger partial charge in [-0.05, 0) is 24.8 Å². The fourth-order valence-electron chi connectivity index (χ4n) is 2.05. The SMILES string of the molecule is C.Cc1ccc(B(OCCN)c2ccc(C)cc2)cc1. The van der Waals surface area contributed by atoms with Crippen molar-refractivity contribution >= 4 is 17.8 Å². The highest BCUT2D eigenvalue weighted by atomic mass is 16.4. The molecule has 0 fully saturated rings. The van der Waals surface area contributed by atoms with Crippen LogP contribution in [0.1, 0.15) is 18.6 Å². The zero-order valence-electron chi connectivity index (χ0n) is 11.6. The Morgan fingerprint density at radius 3 is 1.60 bits per heavy atom. The van der Waals surface area contributed by atoms with E-state index in [1.54, 1.807) is 0 Å². The maximum atomic E-state index is 5.92. The first-order chi connectivity index (χ1) is 9.20. The molecule has 0 saturated carbocycles. The van der Waals surface area contributed by atoms with Gasteiger partial charge in [-0.3, -0.25) is 0 Å². The van der Waals surface area contributed by atoms with E-state index in [9.17, 15) is 0 Å². The van der Waals surface area contributed by atoms with Crippen molar-refractivity contribution in [2.45, 2.75) is 21.3 Å². The van der Waals surface area contributed by atoms with Gasteiger partial charge in [-0.1, -0.05) is 67.1 Å². The molecular weight excluding hydrogens is 245 g/mol. The van der Waals surface area contributed by atoms with Crippen LogP contribution in [0.4, 0.5) is 0 Å². The summed E-state index contributed by atoms with van der Waals surface area (Å²) in [7, 11) is 0. The Morgan fingerprint density at radius 2 is 1.25 bits per heavy atom. The molecule has 2 aromatic carbocycles. The Morgan fingerprint density at radius 1 is 0.850 bits per heavy atom. The molecule has 0 aliphatic rings. The summed E-state index contributed by atoms with van der Waals surface area (Å²) < 4.78 is 5.92. The Bertz CT molecular complexity index is 462. The minimum atomic E-state index is -0.0373. The van der Waals surface area contributed by atoms with E-state index in [2.05, 4.69) is 62.4 Å². The van der Waals surface area contributed by atoms with Gasteiger partial charge in [-0.25, -0.2) is 0 Å². The lowest BCUT2D eigenvalue weighted by Gasteiger charge is -2.15. The highest BCUT2D eigenvalue weighted by Gasteiger charge is 2.20. The van der Waals surface area contributed by atoms with Crippen LogP contribution >= 0.6 is 0 Å². The fraction of sp³-hybridized carbons (Fsp3) is 0.294. The zero-order valence-corrected chi connectivity index (χ0v) is 11.6. The fourth-order valence-corrected chi connectivity index (χ4v) is 2.05. The molecule has 0 aromatic heterocycles. The third-order valence-corrected chi connectivity index (χ3v) is 3.16. The molecule has 0 atom stereocenters. The average molecular weight is 269 g/mol. The Labute approximate surface area is 123 Å². The van der Waals surface area contributed by atoms with E-state index in [4.69, 9.17) is 10.4 Å². The number of rotatable bonds is 5. The molecule has 0 heterocycles. The van der Waals surface area contributed by atoms with Crippen molar-refractivity contribution in [3.63, 3.8) is 0 Å². The number of hydrogen-bond acceptors (Lipinski definition) is 2. The Hall–Kier alpha value is -1.58. The molecule has 0 spiro atoms. The first kappa shape index (κ1) is 16.5. The van der Waals surface area contributed by atoms with E-state index in [-0.39, 0.29) is 14.3 Å². The number of aryl methyl sites for hydroxylation is 2. The summed E-state index contributed by atoms with van der Waals surface area (Å²) >= 11 is 0. The van der Waals surface area contributed by atoms with E-state index in [0.717, 1.165) is 0 Å². The third-order valence-electron chi connectivity index (χ3n) is 3.16. The molecule has 0 radical (unpaired) electrons. The van der Waals surface area contributed by atoms with Crippen molar-refractivity contribution in [3.8, 4) is 0 Å². The van der Waals surface area contributed by atoms with Crippen LogP contribution in [0.25, 0.3) is 0 Å². The zero-order chi connectivity index (χ0) is 13.7. The Kier molecular flexibility index (Phi) is 6.49. The summed E-state index contributed by atoms with van der Waals surface area (Å²) in [6.45, 7) is 5.24. The van der Waals surface area contributed by atoms with Gasteiger partial charge in [0, 0.05) is 13.2 Å². The molecule has 0 aliphatic heterocycles. The minimum absolute atomic E-state index is 0. The van der Waals surface area contributed by atoms with Crippen LogP contribution in [0.3, 0.4) is 0 Å². The molecule has 3 heteroatoms. The van der Waals surface area contributed by atoms with Crippen LogP contribution in [-0.4, -0.2) is 20.1 Å². The van der Waals surface area contributed by atoms with Gasteiger partial charge in [0.05, 0.1) is 0 Å². The summed E-state index contributed by atoms with van der Waals surface area (Å²) in [5, 5.41) is 0. The highest BCUT2D eigenvalue weighted by molar-refractivity contribution is 6.80. The predicted molar refractivity (Wildman–Crippen MR) is 89.1 cm³/mol. The molecule has 106 valence electrons. The van der Waals surface area contributed by atoms with E-state index in [1.807, 2.05) is 0 Å². The normalized spacial score (nSPS) is 9.95. The molecule has 2 nitrogen and oxygen atoms in total. The predicted octanol–water partition coefficient (Wildman–Crippen LogP) is 2.02. The quantitative estimate of drug-likeness (QED) is 0.843. The molecule has 2 aromatic rings. The Balaban J connectivity index is 0.00000200. The van der Waals surface area contributed by atoms with Crippen molar-refractivity contribution in [3.05, 3.63) is 59.7 Å². The molecule has 2 N–H and O–H groups in total. The molecule has 0 bridgehead atoms. The summed E-state index contributed by atoms with van der Waals surface area (Å²) in [5.41, 5.74) is 10.4. The molecule has 20 heavy (non-hydrogen) atoms. The standard InChI is InChI=1S/C16H20BNO.CH4/c1-13-3-7-15(8-4-13)17(19-12-11-18)16-9-5-14(2)6-10-16;/h3-10H,11-12,18H2,1-2H3;1H4. The number of benzene rings is 2. The van der Waals surface area contributed by atoms with Crippen LogP contribution in [0.2, 0.25) is 0 Å². The second-order valence-corrected chi connectivity index (χ2v) is 4.86. The van der Waals surface area contributed by atoms with E-state index in [1.165, 1.54) is 22.1 Å². The van der Waals surface area contributed by atoms with Crippen molar-refractivity contribution in [1.82, 2.24) is 0 Å². The smallest absolute Gasteiger partial charge is 0.361 e. The lowest BCUT2D eigenvalue weighted by atomic mass is 9.55. The lowest BCUT2D eigenvalue weighted by molar-refractivity contribution is 0.344. The first-order valence-corrected chi connectivity index (χ1v) is 6.65. The van der Waals surface area contributed by atoms with Crippen molar-refractivity contribution in [1.29, 1.82) is 0 Å². The summed E-state index contributed by atoms with van der Waals surface area (Å²) in [6, 6.07) is 16.9. The average Bonchev–Trinajstić information content (AvgIpc) is 2.43. The van der Waals surface area contributed by atoms with Crippen LogP contribution in [0.5, 0.6) is 0 Å². The highest BCUT2D eigenvalue weighted by Crippen LogP contribution is 2.00. The molecule has 0 saturated heterocycles. The van der Waals surface area contributed by atoms with Crippen LogP contribution in [0, 0.1) is 13.8 Å². The van der Waals surface area contributed by atoms with Crippen LogP contribution < -0.4 is 16.7 Å². The summed E-state index contributed by atoms with van der Waals surface area (Å²) in [5.74, 6) is 0. The molecule has 0 aliphatic carbocycles. The largest absolute Gasteiger partial charge is 0.426 e. The van der Waals surface area contributed by atoms with Gasteiger partial charge in [-0.15, -0.1) is 0 Å². The molecular formula is C17H24BNO. The van der Waals surface area contributed by atoms with E-state index in [0.29, 0.717) is 13.2 Å². The molecule has 0 unspecified atom stereocenters. The molecule has 0 amide bonds. The van der Waals surface area contributed by atoms with Gasteiger partial charge >= 0.3 is 6.92 Å². The van der Waals surface area contributed by atoms with E-state index < -0.39 is 0 Å². The first-order valence-electron chi connectivity index (χ1n) is 6.65. The van der Waals surface area contributed by atoms with Crippen LogP contribution in [-0.2, 0) is 4.65 Å². The van der Waals surface area contributed by atoms with Crippen molar-refractivity contribution in [2.75, 3.05) is 13.2 Å². The van der Waals surface area contributed by atoms with Gasteiger partial charge in [-0.2, -0.15) is 0 Å². The third kappa shape index (κ3) is 4.22. The maximum Gasteiger partial charge on any atom is 0.361 e. The lowest BCUT2D eigenvalue weighted by Crippen LogP contribution is -2.45. The summed E-state index contributed by atoms with van der Waals surface area (Å²) in [6.07, 6.45) is 0. The number of nitrogens with two attached hydrogens (primary N) is 1.